The van der Waals surface area contributed by atoms with Crippen molar-refractivity contribution in [2.45, 2.75) is 90.4 Å². The summed E-state index contributed by atoms with van der Waals surface area (Å²) >= 11 is 0. The Balaban J connectivity index is 1.18. The molecule has 4 aromatic rings. The molecule has 0 spiro atoms. The van der Waals surface area contributed by atoms with Gasteiger partial charge in [-0.2, -0.15) is 0 Å². The maximum absolute atomic E-state index is 4.88. The highest BCUT2D eigenvalue weighted by Gasteiger charge is 2.08. The summed E-state index contributed by atoms with van der Waals surface area (Å²) in [5.41, 5.74) is 10.2. The molecule has 0 atom stereocenters. The van der Waals surface area contributed by atoms with Crippen molar-refractivity contribution in [3.05, 3.63) is 95.3 Å². The molecule has 0 saturated carbocycles. The number of hydrogen-bond donors (Lipinski definition) is 1. The fourth-order valence-corrected chi connectivity index (χ4v) is 6.21. The van der Waals surface area contributed by atoms with Crippen LogP contribution in [-0.4, -0.2) is 24.5 Å². The van der Waals surface area contributed by atoms with E-state index in [4.69, 9.17) is 15.0 Å². The zero-order valence-corrected chi connectivity index (χ0v) is 26.1. The van der Waals surface area contributed by atoms with E-state index in [1.54, 1.807) is 0 Å². The van der Waals surface area contributed by atoms with Crippen LogP contribution in [0.15, 0.2) is 66.9 Å². The Labute approximate surface area is 261 Å². The van der Waals surface area contributed by atoms with E-state index >= 15 is 0 Å². The first kappa shape index (κ1) is 29.8. The molecule has 1 N–H and O–H groups in total. The molecule has 0 saturated heterocycles. The third-order valence-electron chi connectivity index (χ3n) is 8.58. The summed E-state index contributed by atoms with van der Waals surface area (Å²) in [5, 5.41) is 0. The first-order valence-corrected chi connectivity index (χ1v) is 16.8. The number of H-pyrrole nitrogens is 1. The molecular weight excluding hydrogens is 538 g/mol. The highest BCUT2D eigenvalue weighted by atomic mass is 15.0. The van der Waals surface area contributed by atoms with Crippen molar-refractivity contribution in [2.75, 3.05) is 0 Å². The second-order valence-corrected chi connectivity index (χ2v) is 12.2. The average molecular weight is 584 g/mol. The van der Waals surface area contributed by atoms with E-state index < -0.39 is 0 Å². The Morgan fingerprint density at radius 1 is 0.545 bits per heavy atom. The molecule has 44 heavy (non-hydrogen) atoms. The maximum Gasteiger partial charge on any atom is 0.0658 e. The van der Waals surface area contributed by atoms with Crippen molar-refractivity contribution < 1.29 is 0 Å². The minimum absolute atomic E-state index is 0.934. The molecular formula is C39H45N5. The van der Waals surface area contributed by atoms with Gasteiger partial charge in [0.1, 0.15) is 0 Å². The van der Waals surface area contributed by atoms with Crippen molar-refractivity contribution in [3.8, 4) is 5.69 Å². The molecule has 0 amide bonds. The van der Waals surface area contributed by atoms with E-state index in [1.807, 2.05) is 6.20 Å². The van der Waals surface area contributed by atoms with Crippen LogP contribution in [0, 0.1) is 0 Å². The van der Waals surface area contributed by atoms with Crippen molar-refractivity contribution in [1.29, 1.82) is 0 Å². The fraction of sp³-hybridized carbons (Fsp3) is 0.359. The number of pyridine rings is 1. The zero-order chi connectivity index (χ0) is 30.0. The van der Waals surface area contributed by atoms with Gasteiger partial charge < -0.3 is 9.55 Å². The number of aromatic nitrogens is 5. The number of aryl methyl sites for hydroxylation is 1. The van der Waals surface area contributed by atoms with Gasteiger partial charge in [0, 0.05) is 39.6 Å². The molecule has 5 heteroatoms. The molecule has 4 aromatic heterocycles. The lowest BCUT2D eigenvalue weighted by atomic mass is 10.0. The number of aromatic amines is 1. The van der Waals surface area contributed by atoms with Crippen LogP contribution in [0.2, 0.25) is 0 Å². The molecule has 2 aliphatic rings. The van der Waals surface area contributed by atoms with Gasteiger partial charge in [0.25, 0.3) is 0 Å². The molecule has 0 aromatic carbocycles. The third kappa shape index (κ3) is 8.02. The lowest BCUT2D eigenvalue weighted by Gasteiger charge is -2.09. The van der Waals surface area contributed by atoms with E-state index in [0.29, 0.717) is 0 Å². The predicted octanol–water partition coefficient (Wildman–Crippen LogP) is 10.8. The van der Waals surface area contributed by atoms with Crippen LogP contribution >= 0.6 is 0 Å². The topological polar surface area (TPSA) is 59.4 Å². The van der Waals surface area contributed by atoms with Crippen molar-refractivity contribution in [1.82, 2.24) is 24.5 Å². The van der Waals surface area contributed by atoms with Gasteiger partial charge in [0.15, 0.2) is 0 Å². The summed E-state index contributed by atoms with van der Waals surface area (Å²) in [5.74, 6) is 0. The number of unbranched alkanes of at least 4 members (excludes halogenated alkanes) is 11. The summed E-state index contributed by atoms with van der Waals surface area (Å²) in [6.07, 6.45) is 27.6. The lowest BCUT2D eigenvalue weighted by molar-refractivity contribution is 0.543. The molecule has 5 nitrogen and oxygen atoms in total. The normalized spacial score (nSPS) is 12.3. The van der Waals surface area contributed by atoms with Gasteiger partial charge in [-0.1, -0.05) is 77.6 Å². The standard InChI is InChI=1S/C39H45N5/c1-2-3-4-5-6-7-8-9-10-11-12-13-14-30-27-39(23-24-40-30)44-37-21-22-38(44)29-36-20-18-34(43-36)26-32-16-15-31(41-32)25-33-17-19-35(28-37)42-33/h15-29,41H,2-14H2,1H3. The second kappa shape index (κ2) is 15.0. The monoisotopic (exact) mass is 583 g/mol. The van der Waals surface area contributed by atoms with Crippen LogP contribution in [0.25, 0.3) is 52.1 Å². The van der Waals surface area contributed by atoms with Gasteiger partial charge in [0.05, 0.1) is 22.8 Å². The summed E-state index contributed by atoms with van der Waals surface area (Å²) in [6.45, 7) is 2.29. The van der Waals surface area contributed by atoms with E-state index in [2.05, 4.69) is 101 Å². The first-order valence-electron chi connectivity index (χ1n) is 16.8. The number of hydrogen-bond acceptors (Lipinski definition) is 3. The summed E-state index contributed by atoms with van der Waals surface area (Å²) < 4.78 is 2.30. The van der Waals surface area contributed by atoms with Gasteiger partial charge in [-0.15, -0.1) is 0 Å². The van der Waals surface area contributed by atoms with Crippen molar-refractivity contribution in [2.24, 2.45) is 0 Å². The minimum Gasteiger partial charge on any atom is -0.355 e. The molecule has 226 valence electrons. The fourth-order valence-electron chi connectivity index (χ4n) is 6.21. The Kier molecular flexibility index (Phi) is 10.1. The largest absolute Gasteiger partial charge is 0.355 e. The number of fused-ring (bicyclic) bond motifs is 8. The average Bonchev–Trinajstić information content (AvgIpc) is 3.84. The first-order chi connectivity index (χ1) is 21.7. The van der Waals surface area contributed by atoms with Crippen LogP contribution < -0.4 is 0 Å². The smallest absolute Gasteiger partial charge is 0.0658 e. The van der Waals surface area contributed by atoms with Crippen LogP contribution in [0.3, 0.4) is 0 Å². The lowest BCUT2D eigenvalue weighted by Crippen LogP contribution is -1.98. The quantitative estimate of drug-likeness (QED) is 0.130. The summed E-state index contributed by atoms with van der Waals surface area (Å²) in [7, 11) is 0. The van der Waals surface area contributed by atoms with Crippen molar-refractivity contribution in [3.63, 3.8) is 0 Å². The molecule has 0 radical (unpaired) electrons. The molecule has 6 rings (SSSR count). The minimum atomic E-state index is 0.934. The van der Waals surface area contributed by atoms with Gasteiger partial charge in [-0.3, -0.25) is 4.98 Å². The van der Waals surface area contributed by atoms with E-state index in [0.717, 1.165) is 62.6 Å². The molecule has 2 aliphatic heterocycles. The van der Waals surface area contributed by atoms with E-state index in [1.165, 1.54) is 77.0 Å². The molecule has 0 unspecified atom stereocenters. The maximum atomic E-state index is 4.88. The number of nitrogens with zero attached hydrogens (tertiary/aromatic N) is 4. The Morgan fingerprint density at radius 3 is 1.59 bits per heavy atom. The Morgan fingerprint density at radius 2 is 1.05 bits per heavy atom. The highest BCUT2D eigenvalue weighted by molar-refractivity contribution is 5.78. The molecule has 0 fully saturated rings. The van der Waals surface area contributed by atoms with Crippen LogP contribution in [0.5, 0.6) is 0 Å². The SMILES string of the molecule is CCCCCCCCCCCCCCc1cc(-n2c3ccc2cc2nc(cc4ccc(cc5nc(c3)C=C5)[nH]4)C=C2)ccn1. The van der Waals surface area contributed by atoms with E-state index in [9.17, 15) is 0 Å². The predicted molar refractivity (Wildman–Crippen MR) is 186 cm³/mol. The van der Waals surface area contributed by atoms with Gasteiger partial charge in [-0.05, 0) is 97.8 Å². The van der Waals surface area contributed by atoms with Crippen LogP contribution in [0.4, 0.5) is 0 Å². The van der Waals surface area contributed by atoms with Crippen LogP contribution in [0.1, 0.15) is 112 Å². The van der Waals surface area contributed by atoms with E-state index in [-0.39, 0.29) is 0 Å². The van der Waals surface area contributed by atoms with Gasteiger partial charge >= 0.3 is 0 Å². The Hall–Kier alpha value is -4.25. The molecule has 6 heterocycles. The molecule has 0 aliphatic carbocycles. The van der Waals surface area contributed by atoms with Gasteiger partial charge in [0.2, 0.25) is 0 Å². The highest BCUT2D eigenvalue weighted by Crippen LogP contribution is 2.24. The Bertz CT molecular complexity index is 1680. The molecule has 8 bridgehead atoms. The van der Waals surface area contributed by atoms with Crippen LogP contribution in [-0.2, 0) is 6.42 Å². The summed E-state index contributed by atoms with van der Waals surface area (Å²) in [4.78, 5) is 17.9. The van der Waals surface area contributed by atoms with Crippen molar-refractivity contribution >= 4 is 46.4 Å². The zero-order valence-electron chi connectivity index (χ0n) is 26.1. The van der Waals surface area contributed by atoms with Gasteiger partial charge in [-0.25, -0.2) is 9.97 Å². The second-order valence-electron chi connectivity index (χ2n) is 12.2. The number of nitrogens with one attached hydrogen (secondary N) is 1. The number of rotatable bonds is 14. The summed E-state index contributed by atoms with van der Waals surface area (Å²) in [6, 6.07) is 21.3. The third-order valence-corrected chi connectivity index (χ3v) is 8.58.